The average molecular weight is 320 g/mol. The van der Waals surface area contributed by atoms with Gasteiger partial charge in [0.05, 0.1) is 31.6 Å². The number of carboxylic acid groups (broad SMARTS) is 1. The van der Waals surface area contributed by atoms with Crippen molar-refractivity contribution in [3.05, 3.63) is 0 Å². The van der Waals surface area contributed by atoms with E-state index in [1.165, 1.54) is 6.42 Å². The zero-order valence-corrected chi connectivity index (χ0v) is 13.6. The smallest absolute Gasteiger partial charge is 0.307 e. The second-order valence-electron chi connectivity index (χ2n) is 4.68. The first kappa shape index (κ1) is 23.1. The largest absolute Gasteiger partial charge is 0.548 e. The molecular formula is C14H32N4O4. The fourth-order valence-electron chi connectivity index (χ4n) is 1.49. The highest BCUT2D eigenvalue weighted by Gasteiger charge is 2.14. The number of hydrogen-bond donors (Lipinski definition) is 4. The summed E-state index contributed by atoms with van der Waals surface area (Å²) in [4.78, 5) is 21.8. The van der Waals surface area contributed by atoms with Crippen LogP contribution in [0.3, 0.4) is 0 Å². The van der Waals surface area contributed by atoms with Crippen molar-refractivity contribution in [2.75, 3.05) is 32.8 Å². The highest BCUT2D eigenvalue weighted by Crippen LogP contribution is 1.95. The minimum absolute atomic E-state index is 0.210. The van der Waals surface area contributed by atoms with Gasteiger partial charge < -0.3 is 37.2 Å². The summed E-state index contributed by atoms with van der Waals surface area (Å²) in [6, 6.07) is -0.989. The summed E-state index contributed by atoms with van der Waals surface area (Å²) in [5, 5.41) is 13.4. The monoisotopic (exact) mass is 320 g/mol. The lowest BCUT2D eigenvalue weighted by molar-refractivity contribution is -0.368. The predicted octanol–water partition coefficient (Wildman–Crippen LogP) is -2.65. The highest BCUT2D eigenvalue weighted by molar-refractivity contribution is 5.80. The molecule has 22 heavy (non-hydrogen) atoms. The van der Waals surface area contributed by atoms with E-state index in [2.05, 4.69) is 15.8 Å². The van der Waals surface area contributed by atoms with Crippen LogP contribution >= 0.6 is 0 Å². The van der Waals surface area contributed by atoms with Crippen LogP contribution in [0.15, 0.2) is 0 Å². The number of hydrogen-bond acceptors (Lipinski definition) is 7. The van der Waals surface area contributed by atoms with E-state index in [1.54, 1.807) is 6.92 Å². The molecule has 0 rings (SSSR count). The molecule has 0 heterocycles. The Morgan fingerprint density at radius 2 is 1.77 bits per heavy atom. The van der Waals surface area contributed by atoms with Crippen molar-refractivity contribution >= 4 is 11.9 Å². The number of unbranched alkanes of at least 4 members (excludes halogenated alkanes) is 2. The van der Waals surface area contributed by atoms with Crippen LogP contribution in [0.5, 0.6) is 0 Å². The van der Waals surface area contributed by atoms with Gasteiger partial charge in [-0.3, -0.25) is 4.79 Å². The van der Waals surface area contributed by atoms with Gasteiger partial charge in [-0.05, 0) is 52.2 Å². The molecule has 0 spiro atoms. The number of aliphatic carboxylic acids is 1. The number of rotatable bonds is 12. The van der Waals surface area contributed by atoms with E-state index in [-0.39, 0.29) is 13.0 Å². The zero-order valence-electron chi connectivity index (χ0n) is 13.6. The average Bonchev–Trinajstić information content (AvgIpc) is 2.49. The summed E-state index contributed by atoms with van der Waals surface area (Å²) < 4.78 is 4.66. The number of carbonyl (C=O) groups excluding carboxylic acids is 2. The lowest BCUT2D eigenvalue weighted by Crippen LogP contribution is -2.50. The van der Waals surface area contributed by atoms with Crippen molar-refractivity contribution in [1.29, 1.82) is 0 Å². The molecule has 0 amide bonds. The molecule has 8 N–H and O–H groups in total. The molecule has 132 valence electrons. The van der Waals surface area contributed by atoms with Crippen LogP contribution in [-0.4, -0.2) is 50.8 Å². The molecule has 1 unspecified atom stereocenters. The molecule has 1 atom stereocenters. The van der Waals surface area contributed by atoms with Crippen LogP contribution < -0.4 is 27.6 Å². The summed E-state index contributed by atoms with van der Waals surface area (Å²) in [6.45, 7) is 4.81. The molecule has 0 aliphatic carbocycles. The predicted molar refractivity (Wildman–Crippen MR) is 82.4 cm³/mol. The minimum Gasteiger partial charge on any atom is -0.548 e. The van der Waals surface area contributed by atoms with Gasteiger partial charge in [0.15, 0.2) is 0 Å². The van der Waals surface area contributed by atoms with E-state index < -0.39 is 18.0 Å². The second kappa shape index (κ2) is 17.8. The molecule has 0 radical (unpaired) electrons. The summed E-state index contributed by atoms with van der Waals surface area (Å²) in [5.74, 6) is -1.83. The number of quaternary nitrogens is 1. The molecule has 0 aliphatic rings. The molecule has 8 nitrogen and oxygen atoms in total. The van der Waals surface area contributed by atoms with Gasteiger partial charge in [0.25, 0.3) is 0 Å². The van der Waals surface area contributed by atoms with E-state index in [9.17, 15) is 14.7 Å². The molecule has 0 saturated carbocycles. The Morgan fingerprint density at radius 3 is 2.18 bits per heavy atom. The molecule has 0 aromatic heterocycles. The van der Waals surface area contributed by atoms with Crippen molar-refractivity contribution in [2.45, 2.75) is 45.1 Å². The van der Waals surface area contributed by atoms with Gasteiger partial charge in [-0.25, -0.2) is 0 Å². The van der Waals surface area contributed by atoms with Gasteiger partial charge in [0, 0.05) is 0 Å². The molecule has 0 saturated heterocycles. The van der Waals surface area contributed by atoms with Gasteiger partial charge in [-0.1, -0.05) is 0 Å². The Hall–Kier alpha value is -1.22. The van der Waals surface area contributed by atoms with Crippen molar-refractivity contribution in [2.24, 2.45) is 11.5 Å². The Balaban J connectivity index is 0. The molecule has 0 aliphatic heterocycles. The van der Waals surface area contributed by atoms with Gasteiger partial charge in [-0.2, -0.15) is 0 Å². The number of carboxylic acids is 1. The van der Waals surface area contributed by atoms with E-state index in [4.69, 9.17) is 11.5 Å². The molecular weight excluding hydrogens is 288 g/mol. The second-order valence-corrected chi connectivity index (χ2v) is 4.68. The van der Waals surface area contributed by atoms with E-state index >= 15 is 0 Å². The van der Waals surface area contributed by atoms with Crippen molar-refractivity contribution in [1.82, 2.24) is 5.32 Å². The quantitative estimate of drug-likeness (QED) is 0.226. The number of ether oxygens (including phenoxy) is 1. The summed E-state index contributed by atoms with van der Waals surface area (Å²) in [5.41, 5.74) is 14.1. The van der Waals surface area contributed by atoms with E-state index in [0.29, 0.717) is 13.1 Å². The third-order valence-electron chi connectivity index (χ3n) is 2.69. The minimum atomic E-state index is -1.29. The van der Waals surface area contributed by atoms with Crippen molar-refractivity contribution in [3.63, 3.8) is 0 Å². The number of nitrogens with two attached hydrogens (primary N) is 2. The number of nitrogens with one attached hydrogen (secondary N) is 1. The van der Waals surface area contributed by atoms with Crippen LogP contribution in [0.2, 0.25) is 0 Å². The fraction of sp³-hybridized carbons (Fsp3) is 0.857. The summed E-state index contributed by atoms with van der Waals surface area (Å²) in [6.07, 6.45) is 3.67. The maximum absolute atomic E-state index is 11.1. The molecule has 8 heteroatoms. The Bertz CT molecular complexity index is 274. The summed E-state index contributed by atoms with van der Waals surface area (Å²) in [7, 11) is 0. The van der Waals surface area contributed by atoms with Crippen LogP contribution in [0.4, 0.5) is 0 Å². The van der Waals surface area contributed by atoms with Crippen LogP contribution in [0, 0.1) is 0 Å². The molecule has 0 fully saturated rings. The first-order valence-corrected chi connectivity index (χ1v) is 7.82. The lowest BCUT2D eigenvalue weighted by Gasteiger charge is -2.18. The Morgan fingerprint density at radius 1 is 1.18 bits per heavy atom. The topological polar surface area (TPSA) is 158 Å². The third kappa shape index (κ3) is 16.8. The first-order valence-electron chi connectivity index (χ1n) is 7.82. The molecule has 0 aromatic rings. The van der Waals surface area contributed by atoms with Crippen LogP contribution in [0.1, 0.15) is 39.0 Å². The zero-order chi connectivity index (χ0) is 17.2. The maximum Gasteiger partial charge on any atom is 0.307 e. The molecule has 0 bridgehead atoms. The van der Waals surface area contributed by atoms with Crippen LogP contribution in [-0.2, 0) is 14.3 Å². The van der Waals surface area contributed by atoms with E-state index in [0.717, 1.165) is 32.4 Å². The van der Waals surface area contributed by atoms with Crippen molar-refractivity contribution < 1.29 is 25.2 Å². The number of carbonyl (C=O) groups is 2. The van der Waals surface area contributed by atoms with Crippen molar-refractivity contribution in [3.8, 4) is 0 Å². The third-order valence-corrected chi connectivity index (χ3v) is 2.69. The lowest BCUT2D eigenvalue weighted by atomic mass is 10.2. The van der Waals surface area contributed by atoms with Gasteiger partial charge in [0.1, 0.15) is 0 Å². The SMILES string of the molecule is CCOC(=O)CC(NCCCCN)C(=O)[O-].NCCCC[NH3+]. The van der Waals surface area contributed by atoms with Gasteiger partial charge >= 0.3 is 5.97 Å². The van der Waals surface area contributed by atoms with Crippen LogP contribution in [0.25, 0.3) is 0 Å². The normalized spacial score (nSPS) is 11.3. The maximum atomic E-state index is 11.1. The number of esters is 1. The fourth-order valence-corrected chi connectivity index (χ4v) is 1.49. The Labute approximate surface area is 132 Å². The Kier molecular flexibility index (Phi) is 18.7. The van der Waals surface area contributed by atoms with Gasteiger partial charge in [-0.15, -0.1) is 0 Å². The standard InChI is InChI=1S/C10H20N2O4.C4H12N2/c1-2-16-9(13)7-8(10(14)15)12-6-4-3-5-11;5-3-1-2-4-6/h8,12H,2-7,11H2,1H3,(H,14,15);1-6H2. The highest BCUT2D eigenvalue weighted by atomic mass is 16.5. The first-order chi connectivity index (χ1) is 10.5. The summed E-state index contributed by atoms with van der Waals surface area (Å²) >= 11 is 0. The van der Waals surface area contributed by atoms with Gasteiger partial charge in [0.2, 0.25) is 0 Å². The molecule has 0 aromatic carbocycles. The van der Waals surface area contributed by atoms with E-state index in [1.807, 2.05) is 0 Å².